The van der Waals surface area contributed by atoms with E-state index in [1.165, 1.54) is 13.4 Å². The monoisotopic (exact) mass is 441 g/mol. The van der Waals surface area contributed by atoms with Crippen LogP contribution >= 0.6 is 0 Å². The Bertz CT molecular complexity index is 1070. The van der Waals surface area contributed by atoms with Crippen LogP contribution in [-0.4, -0.2) is 45.5 Å². The Morgan fingerprint density at radius 2 is 1.66 bits per heavy atom. The molecule has 0 aliphatic rings. The number of carbonyl (C=O) groups excluding carboxylic acids is 1. The van der Waals surface area contributed by atoms with Gasteiger partial charge in [-0.15, -0.1) is 0 Å². The van der Waals surface area contributed by atoms with Gasteiger partial charge < -0.3 is 34.5 Å². The smallest absolute Gasteiger partial charge is 0.241 e. The lowest BCUT2D eigenvalue weighted by Crippen LogP contribution is -2.34. The molecule has 1 heterocycles. The number of ether oxygens (including phenoxy) is 4. The molecule has 0 aliphatic carbocycles. The van der Waals surface area contributed by atoms with Crippen molar-refractivity contribution in [3.63, 3.8) is 0 Å². The van der Waals surface area contributed by atoms with Crippen molar-refractivity contribution >= 4 is 11.6 Å². The first kappa shape index (κ1) is 23.0. The molecule has 0 saturated carbocycles. The molecule has 0 fully saturated rings. The third kappa shape index (κ3) is 4.47. The fourth-order valence-corrected chi connectivity index (χ4v) is 3.25. The molecule has 0 saturated heterocycles. The molecule has 1 aromatic heterocycles. The van der Waals surface area contributed by atoms with Gasteiger partial charge >= 0.3 is 0 Å². The molecule has 32 heavy (non-hydrogen) atoms. The third-order valence-corrected chi connectivity index (χ3v) is 5.05. The van der Waals surface area contributed by atoms with E-state index in [1.807, 2.05) is 13.0 Å². The van der Waals surface area contributed by atoms with Gasteiger partial charge in [-0.25, -0.2) is 0 Å². The van der Waals surface area contributed by atoms with Gasteiger partial charge in [-0.1, -0.05) is 18.1 Å². The van der Waals surface area contributed by atoms with Gasteiger partial charge in [0.1, 0.15) is 17.7 Å². The van der Waals surface area contributed by atoms with Crippen LogP contribution in [0.1, 0.15) is 13.3 Å². The molecular weight excluding hydrogens is 414 g/mol. The van der Waals surface area contributed by atoms with Crippen molar-refractivity contribution in [3.05, 3.63) is 36.6 Å². The predicted molar refractivity (Wildman–Crippen MR) is 120 cm³/mol. The molecule has 3 rings (SSSR count). The van der Waals surface area contributed by atoms with Crippen LogP contribution in [0, 0.1) is 0 Å². The molecule has 0 radical (unpaired) electrons. The number of hydrogen-bond acceptors (Lipinski definition) is 8. The molecule has 9 nitrogen and oxygen atoms in total. The standard InChI is InChI=1S/C23H27N3O6/c1-6-16(24)23(27)25-17-9-13(7-8-18(17)28-2)15-12-32-26-21(15)14-10-19(29-3)22(31-5)20(11-14)30-4/h7-12,16H,6,24H2,1-5H3,(H,25,27). The summed E-state index contributed by atoms with van der Waals surface area (Å²) in [6, 6.07) is 8.35. The highest BCUT2D eigenvalue weighted by Crippen LogP contribution is 2.43. The summed E-state index contributed by atoms with van der Waals surface area (Å²) in [6.07, 6.45) is 2.05. The van der Waals surface area contributed by atoms with Crippen LogP contribution in [0.2, 0.25) is 0 Å². The van der Waals surface area contributed by atoms with E-state index in [0.29, 0.717) is 51.9 Å². The van der Waals surface area contributed by atoms with Gasteiger partial charge in [-0.05, 0) is 36.2 Å². The maximum absolute atomic E-state index is 12.3. The summed E-state index contributed by atoms with van der Waals surface area (Å²) in [4.78, 5) is 12.3. The Hall–Kier alpha value is -3.72. The Labute approximate surface area is 186 Å². The highest BCUT2D eigenvalue weighted by Gasteiger charge is 2.20. The number of carbonyl (C=O) groups is 1. The molecule has 3 N–H and O–H groups in total. The van der Waals surface area contributed by atoms with E-state index in [0.717, 1.165) is 5.56 Å². The molecule has 3 aromatic rings. The van der Waals surface area contributed by atoms with E-state index in [9.17, 15) is 4.79 Å². The quantitative estimate of drug-likeness (QED) is 0.516. The average Bonchev–Trinajstić information content (AvgIpc) is 3.32. The van der Waals surface area contributed by atoms with E-state index in [1.54, 1.807) is 45.6 Å². The number of benzene rings is 2. The summed E-state index contributed by atoms with van der Waals surface area (Å²) in [5.41, 5.74) is 9.09. The molecule has 170 valence electrons. The zero-order valence-electron chi connectivity index (χ0n) is 18.7. The first-order valence-electron chi connectivity index (χ1n) is 9.96. The van der Waals surface area contributed by atoms with Gasteiger partial charge in [-0.2, -0.15) is 0 Å². The van der Waals surface area contributed by atoms with Crippen molar-refractivity contribution in [1.29, 1.82) is 0 Å². The van der Waals surface area contributed by atoms with Crippen molar-refractivity contribution < 1.29 is 28.3 Å². The summed E-state index contributed by atoms with van der Waals surface area (Å²) < 4.78 is 27.0. The van der Waals surface area contributed by atoms with Crippen LogP contribution in [0.5, 0.6) is 23.0 Å². The Morgan fingerprint density at radius 3 is 2.22 bits per heavy atom. The van der Waals surface area contributed by atoms with Crippen molar-refractivity contribution in [2.45, 2.75) is 19.4 Å². The highest BCUT2D eigenvalue weighted by atomic mass is 16.5. The van der Waals surface area contributed by atoms with Gasteiger partial charge in [-0.3, -0.25) is 4.79 Å². The molecule has 2 aromatic carbocycles. The predicted octanol–water partition coefficient (Wildman–Crippen LogP) is 3.72. The van der Waals surface area contributed by atoms with Crippen LogP contribution in [0.25, 0.3) is 22.4 Å². The van der Waals surface area contributed by atoms with E-state index >= 15 is 0 Å². The van der Waals surface area contributed by atoms with Crippen molar-refractivity contribution in [1.82, 2.24) is 5.16 Å². The zero-order valence-corrected chi connectivity index (χ0v) is 18.7. The molecule has 1 amide bonds. The topological polar surface area (TPSA) is 118 Å². The van der Waals surface area contributed by atoms with E-state index in [4.69, 9.17) is 29.2 Å². The van der Waals surface area contributed by atoms with Crippen LogP contribution in [0.4, 0.5) is 5.69 Å². The minimum absolute atomic E-state index is 0.293. The van der Waals surface area contributed by atoms with Gasteiger partial charge in [0.05, 0.1) is 40.2 Å². The van der Waals surface area contributed by atoms with Crippen molar-refractivity contribution in [2.24, 2.45) is 5.73 Å². The number of rotatable bonds is 9. The second-order valence-electron chi connectivity index (χ2n) is 6.91. The maximum atomic E-state index is 12.3. The zero-order chi connectivity index (χ0) is 23.3. The SMILES string of the molecule is CCC(N)C(=O)Nc1cc(-c2conc2-c2cc(OC)c(OC)c(OC)c2)ccc1OC. The lowest BCUT2D eigenvalue weighted by atomic mass is 10.0. The number of methoxy groups -OCH3 is 4. The first-order chi connectivity index (χ1) is 15.5. The van der Waals surface area contributed by atoms with Crippen molar-refractivity contribution in [2.75, 3.05) is 33.8 Å². The molecule has 0 bridgehead atoms. The summed E-state index contributed by atoms with van der Waals surface area (Å²) in [5, 5.41) is 7.01. The first-order valence-corrected chi connectivity index (χ1v) is 9.96. The number of aromatic nitrogens is 1. The van der Waals surface area contributed by atoms with Crippen LogP contribution in [-0.2, 0) is 4.79 Å². The summed E-state index contributed by atoms with van der Waals surface area (Å²) >= 11 is 0. The fourth-order valence-electron chi connectivity index (χ4n) is 3.25. The molecule has 1 atom stereocenters. The number of anilines is 1. The molecule has 0 spiro atoms. The van der Waals surface area contributed by atoms with Gasteiger partial charge in [0.2, 0.25) is 11.7 Å². The normalized spacial score (nSPS) is 11.6. The van der Waals surface area contributed by atoms with Crippen LogP contribution < -0.4 is 30.0 Å². The second kappa shape index (κ2) is 10.1. The summed E-state index contributed by atoms with van der Waals surface area (Å²) in [5.74, 6) is 1.68. The fraction of sp³-hybridized carbons (Fsp3) is 0.304. The lowest BCUT2D eigenvalue weighted by Gasteiger charge is -2.15. The Kier molecular flexibility index (Phi) is 7.21. The minimum Gasteiger partial charge on any atom is -0.495 e. The molecule has 1 unspecified atom stereocenters. The van der Waals surface area contributed by atoms with Gasteiger partial charge in [0.15, 0.2) is 11.5 Å². The summed E-state index contributed by atoms with van der Waals surface area (Å²) in [6.45, 7) is 1.85. The summed E-state index contributed by atoms with van der Waals surface area (Å²) in [7, 11) is 6.17. The number of amides is 1. The molecule has 9 heteroatoms. The Balaban J connectivity index is 2.07. The number of nitrogens with two attached hydrogens (primary N) is 1. The minimum atomic E-state index is -0.617. The molecular formula is C23H27N3O6. The number of nitrogens with zero attached hydrogens (tertiary/aromatic N) is 1. The van der Waals surface area contributed by atoms with Crippen LogP contribution in [0.15, 0.2) is 41.1 Å². The number of nitrogens with one attached hydrogen (secondary N) is 1. The van der Waals surface area contributed by atoms with E-state index < -0.39 is 6.04 Å². The lowest BCUT2D eigenvalue weighted by molar-refractivity contribution is -0.117. The molecule has 0 aliphatic heterocycles. The second-order valence-corrected chi connectivity index (χ2v) is 6.91. The number of hydrogen-bond donors (Lipinski definition) is 2. The third-order valence-electron chi connectivity index (χ3n) is 5.05. The van der Waals surface area contributed by atoms with Gasteiger partial charge in [0, 0.05) is 11.1 Å². The van der Waals surface area contributed by atoms with Crippen LogP contribution in [0.3, 0.4) is 0 Å². The van der Waals surface area contributed by atoms with Gasteiger partial charge in [0.25, 0.3) is 0 Å². The largest absolute Gasteiger partial charge is 0.495 e. The van der Waals surface area contributed by atoms with E-state index in [-0.39, 0.29) is 5.91 Å². The average molecular weight is 441 g/mol. The Morgan fingerprint density at radius 1 is 1.00 bits per heavy atom. The van der Waals surface area contributed by atoms with Crippen molar-refractivity contribution in [3.8, 4) is 45.4 Å². The van der Waals surface area contributed by atoms with E-state index in [2.05, 4.69) is 10.5 Å². The maximum Gasteiger partial charge on any atom is 0.241 e. The highest BCUT2D eigenvalue weighted by molar-refractivity contribution is 5.97.